The van der Waals surface area contributed by atoms with E-state index in [1.807, 2.05) is 0 Å². The van der Waals surface area contributed by atoms with Crippen molar-refractivity contribution in [2.75, 3.05) is 0 Å². The molecule has 1 atom stereocenters. The van der Waals surface area contributed by atoms with Gasteiger partial charge in [-0.05, 0) is 59.1 Å². The second-order valence-corrected chi connectivity index (χ2v) is 8.42. The van der Waals surface area contributed by atoms with E-state index in [4.69, 9.17) is 0 Å². The highest BCUT2D eigenvalue weighted by atomic mass is 14.5. The Kier molecular flexibility index (Phi) is 5.01. The number of unbranched alkanes of at least 4 members (excludes halogenated alkanes) is 1. The summed E-state index contributed by atoms with van der Waals surface area (Å²) < 4.78 is 0. The highest BCUT2D eigenvalue weighted by molar-refractivity contribution is 5.80. The lowest BCUT2D eigenvalue weighted by molar-refractivity contribution is 0.411. The minimum Gasteiger partial charge on any atom is -0.103 e. The van der Waals surface area contributed by atoms with Crippen LogP contribution in [-0.2, 0) is 5.41 Å². The van der Waals surface area contributed by atoms with E-state index in [0.29, 0.717) is 5.92 Å². The molecular formula is C30H28. The summed E-state index contributed by atoms with van der Waals surface area (Å²) >= 11 is 0. The van der Waals surface area contributed by atoms with Crippen molar-refractivity contribution in [2.45, 2.75) is 37.0 Å². The predicted octanol–water partition coefficient (Wildman–Crippen LogP) is 7.98. The Labute approximate surface area is 180 Å². The molecule has 0 aromatic heterocycles. The van der Waals surface area contributed by atoms with Crippen LogP contribution < -0.4 is 0 Å². The van der Waals surface area contributed by atoms with Crippen LogP contribution in [0.25, 0.3) is 11.1 Å². The van der Waals surface area contributed by atoms with Crippen LogP contribution in [0.15, 0.2) is 115 Å². The first-order chi connectivity index (χ1) is 14.9. The van der Waals surface area contributed by atoms with E-state index in [9.17, 15) is 0 Å². The molecular weight excluding hydrogens is 360 g/mol. The van der Waals surface area contributed by atoms with Gasteiger partial charge in [0, 0.05) is 11.3 Å². The molecule has 1 unspecified atom stereocenters. The summed E-state index contributed by atoms with van der Waals surface area (Å²) in [6.45, 7) is 3.99. The van der Waals surface area contributed by atoms with Crippen molar-refractivity contribution in [1.82, 2.24) is 0 Å². The normalized spacial score (nSPS) is 16.6. The first-order valence-electron chi connectivity index (χ1n) is 11.1. The molecule has 0 N–H and O–H groups in total. The molecule has 0 heterocycles. The Morgan fingerprint density at radius 1 is 0.833 bits per heavy atom. The molecule has 0 radical (unpaired) electrons. The number of rotatable bonds is 7. The maximum atomic E-state index is 3.99. The van der Waals surface area contributed by atoms with Gasteiger partial charge in [0.1, 0.15) is 0 Å². The average molecular weight is 389 g/mol. The summed E-state index contributed by atoms with van der Waals surface area (Å²) in [5, 5.41) is 0. The molecule has 0 aliphatic heterocycles. The van der Waals surface area contributed by atoms with Crippen molar-refractivity contribution < 1.29 is 0 Å². The minimum absolute atomic E-state index is 0.0834. The number of hydrogen-bond donors (Lipinski definition) is 0. The molecule has 0 saturated carbocycles. The Hall–Kier alpha value is -3.12. The van der Waals surface area contributed by atoms with Gasteiger partial charge in [0.15, 0.2) is 0 Å². The molecule has 3 aromatic rings. The van der Waals surface area contributed by atoms with Gasteiger partial charge in [0.05, 0.1) is 0 Å². The summed E-state index contributed by atoms with van der Waals surface area (Å²) in [5.41, 5.74) is 8.51. The third kappa shape index (κ3) is 2.91. The Morgan fingerprint density at radius 3 is 2.07 bits per heavy atom. The second-order valence-electron chi connectivity index (χ2n) is 8.42. The third-order valence-electron chi connectivity index (χ3n) is 6.88. The maximum absolute atomic E-state index is 3.99. The molecule has 0 amide bonds. The van der Waals surface area contributed by atoms with E-state index < -0.39 is 0 Å². The van der Waals surface area contributed by atoms with Gasteiger partial charge in [-0.25, -0.2) is 0 Å². The largest absolute Gasteiger partial charge is 0.103 e. The SMILES string of the molecule is C=CCCCC(C1=CCC=C1)(c1ccccc1)C1c2ccccc2-c2ccccc21. The topological polar surface area (TPSA) is 0 Å². The van der Waals surface area contributed by atoms with Crippen LogP contribution in [0.2, 0.25) is 0 Å². The molecule has 148 valence electrons. The van der Waals surface area contributed by atoms with Crippen LogP contribution in [0.4, 0.5) is 0 Å². The van der Waals surface area contributed by atoms with Crippen LogP contribution in [0.5, 0.6) is 0 Å². The lowest BCUT2D eigenvalue weighted by Gasteiger charge is -2.42. The molecule has 2 aliphatic rings. The average Bonchev–Trinajstić information content (AvgIpc) is 3.45. The molecule has 2 aliphatic carbocycles. The van der Waals surface area contributed by atoms with Crippen molar-refractivity contribution in [2.24, 2.45) is 0 Å². The number of hydrogen-bond acceptors (Lipinski definition) is 0. The third-order valence-corrected chi connectivity index (χ3v) is 6.88. The summed E-state index contributed by atoms with van der Waals surface area (Å²) in [6.07, 6.45) is 13.5. The van der Waals surface area contributed by atoms with E-state index in [0.717, 1.165) is 25.7 Å². The van der Waals surface area contributed by atoms with Gasteiger partial charge in [-0.15, -0.1) is 6.58 Å². The highest BCUT2D eigenvalue weighted by Gasteiger charge is 2.47. The molecule has 0 bridgehead atoms. The van der Waals surface area contributed by atoms with Crippen molar-refractivity contribution in [1.29, 1.82) is 0 Å². The Bertz CT molecular complexity index is 1070. The summed E-state index contributed by atoms with van der Waals surface area (Å²) in [5.74, 6) is 0.311. The van der Waals surface area contributed by atoms with Gasteiger partial charge in [0.25, 0.3) is 0 Å². The van der Waals surface area contributed by atoms with Gasteiger partial charge in [0.2, 0.25) is 0 Å². The quantitative estimate of drug-likeness (QED) is 0.284. The standard InChI is InChI=1S/C30H28/c1-2-3-13-22-30(24-16-7-8-17-24,23-14-5-4-6-15-23)29-27-20-11-9-18-25(27)26-19-10-12-21-28(26)29/h2,4-7,9-12,14-21,29H,1,3,8,13,22H2. The van der Waals surface area contributed by atoms with Crippen LogP contribution in [-0.4, -0.2) is 0 Å². The van der Waals surface area contributed by atoms with Gasteiger partial charge < -0.3 is 0 Å². The summed E-state index contributed by atoms with van der Waals surface area (Å²) in [6, 6.07) is 29.3. The maximum Gasteiger partial charge on any atom is 0.0309 e. The molecule has 5 rings (SSSR count). The van der Waals surface area contributed by atoms with E-state index in [-0.39, 0.29) is 5.41 Å². The Morgan fingerprint density at radius 2 is 1.47 bits per heavy atom. The molecule has 0 heteroatoms. The lowest BCUT2D eigenvalue weighted by atomic mass is 9.60. The van der Waals surface area contributed by atoms with E-state index in [1.165, 1.54) is 33.4 Å². The van der Waals surface area contributed by atoms with Gasteiger partial charge in [-0.1, -0.05) is 103 Å². The fourth-order valence-electron chi connectivity index (χ4n) is 5.67. The van der Waals surface area contributed by atoms with E-state index in [2.05, 4.69) is 110 Å². The highest BCUT2D eigenvalue weighted by Crippen LogP contribution is 2.58. The lowest BCUT2D eigenvalue weighted by Crippen LogP contribution is -2.35. The summed E-state index contributed by atoms with van der Waals surface area (Å²) in [7, 11) is 0. The fourth-order valence-corrected chi connectivity index (χ4v) is 5.67. The minimum atomic E-state index is -0.0834. The van der Waals surface area contributed by atoms with Crippen molar-refractivity contribution in [3.8, 4) is 11.1 Å². The zero-order valence-corrected chi connectivity index (χ0v) is 17.4. The first-order valence-corrected chi connectivity index (χ1v) is 11.1. The Balaban J connectivity index is 1.80. The van der Waals surface area contributed by atoms with Crippen LogP contribution in [0.1, 0.15) is 48.3 Å². The zero-order valence-electron chi connectivity index (χ0n) is 17.4. The molecule has 0 nitrogen and oxygen atoms in total. The summed E-state index contributed by atoms with van der Waals surface area (Å²) in [4.78, 5) is 0. The van der Waals surface area contributed by atoms with Crippen LogP contribution in [0.3, 0.4) is 0 Å². The number of allylic oxidation sites excluding steroid dienone is 5. The van der Waals surface area contributed by atoms with Gasteiger partial charge in [-0.3, -0.25) is 0 Å². The zero-order chi connectivity index (χ0) is 20.4. The fraction of sp³-hybridized carbons (Fsp3) is 0.200. The van der Waals surface area contributed by atoms with Crippen molar-refractivity contribution in [3.63, 3.8) is 0 Å². The molecule has 30 heavy (non-hydrogen) atoms. The van der Waals surface area contributed by atoms with E-state index >= 15 is 0 Å². The molecule has 0 saturated heterocycles. The van der Waals surface area contributed by atoms with E-state index in [1.54, 1.807) is 0 Å². The molecule has 0 spiro atoms. The number of fused-ring (bicyclic) bond motifs is 3. The van der Waals surface area contributed by atoms with Gasteiger partial charge >= 0.3 is 0 Å². The monoisotopic (exact) mass is 388 g/mol. The molecule has 0 fully saturated rings. The van der Waals surface area contributed by atoms with Crippen molar-refractivity contribution >= 4 is 0 Å². The van der Waals surface area contributed by atoms with Gasteiger partial charge in [-0.2, -0.15) is 0 Å². The number of benzene rings is 3. The smallest absolute Gasteiger partial charge is 0.0309 e. The van der Waals surface area contributed by atoms with Crippen LogP contribution in [0, 0.1) is 0 Å². The second kappa shape index (κ2) is 7.95. The van der Waals surface area contributed by atoms with Crippen molar-refractivity contribution in [3.05, 3.63) is 132 Å². The predicted molar refractivity (Wildman–Crippen MR) is 128 cm³/mol. The molecule has 3 aromatic carbocycles. The van der Waals surface area contributed by atoms with Crippen LogP contribution >= 0.6 is 0 Å². The first kappa shape index (κ1) is 18.9.